The van der Waals surface area contributed by atoms with Gasteiger partial charge >= 0.3 is 0 Å². The van der Waals surface area contributed by atoms with E-state index in [9.17, 15) is 5.11 Å². The van der Waals surface area contributed by atoms with Crippen molar-refractivity contribution in [2.45, 2.75) is 37.9 Å². The number of hydrogen-bond donors (Lipinski definition) is 1. The lowest BCUT2D eigenvalue weighted by atomic mass is 10.1. The normalized spacial score (nSPS) is 33.6. The molecule has 4 heteroatoms. The summed E-state index contributed by atoms with van der Waals surface area (Å²) in [5.41, 5.74) is 0. The molecule has 3 unspecified atom stereocenters. The molecule has 0 saturated heterocycles. The van der Waals surface area contributed by atoms with E-state index in [-0.39, 0.29) is 0 Å². The monoisotopic (exact) mass is 202 g/mol. The van der Waals surface area contributed by atoms with Crippen LogP contribution in [-0.4, -0.2) is 37.5 Å². The molecule has 1 aliphatic heterocycles. The highest BCUT2D eigenvalue weighted by Crippen LogP contribution is 2.30. The van der Waals surface area contributed by atoms with Gasteiger partial charge in [0.05, 0.1) is 0 Å². The summed E-state index contributed by atoms with van der Waals surface area (Å²) in [7, 11) is 3.06. The molecule has 1 rings (SSSR count). The third kappa shape index (κ3) is 2.15. The molecule has 4 nitrogen and oxygen atoms in total. The van der Waals surface area contributed by atoms with Gasteiger partial charge < -0.3 is 19.3 Å². The molecule has 82 valence electrons. The number of aliphatic hydroxyl groups excluding tert-OH is 1. The van der Waals surface area contributed by atoms with Crippen LogP contribution < -0.4 is 0 Å². The standard InChI is InChI=1S/C10H18O4/c1-4-5-8(11)10(13-3)7-6-9(12-2)14-10/h6-9,11H,4-5H2,1-3H3. The van der Waals surface area contributed by atoms with E-state index < -0.39 is 18.2 Å². The van der Waals surface area contributed by atoms with Gasteiger partial charge in [0.2, 0.25) is 5.79 Å². The molecule has 0 aromatic heterocycles. The maximum absolute atomic E-state index is 9.86. The summed E-state index contributed by atoms with van der Waals surface area (Å²) in [6.07, 6.45) is 3.87. The molecule has 0 saturated carbocycles. The van der Waals surface area contributed by atoms with Crippen molar-refractivity contribution in [2.75, 3.05) is 14.2 Å². The van der Waals surface area contributed by atoms with E-state index in [1.54, 1.807) is 19.3 Å². The lowest BCUT2D eigenvalue weighted by Gasteiger charge is -2.31. The molecule has 1 N–H and O–H groups in total. The van der Waals surface area contributed by atoms with E-state index in [0.29, 0.717) is 6.42 Å². The summed E-state index contributed by atoms with van der Waals surface area (Å²) < 4.78 is 15.7. The molecule has 0 bridgehead atoms. The number of methoxy groups -OCH3 is 2. The molecule has 0 aliphatic carbocycles. The van der Waals surface area contributed by atoms with Crippen LogP contribution in [0.25, 0.3) is 0 Å². The highest BCUT2D eigenvalue weighted by atomic mass is 16.8. The fourth-order valence-electron chi connectivity index (χ4n) is 1.52. The smallest absolute Gasteiger partial charge is 0.217 e. The molecule has 0 spiro atoms. The van der Waals surface area contributed by atoms with Gasteiger partial charge in [-0.05, 0) is 18.6 Å². The molecular formula is C10H18O4. The van der Waals surface area contributed by atoms with Crippen molar-refractivity contribution >= 4 is 0 Å². The van der Waals surface area contributed by atoms with Crippen molar-refractivity contribution in [3.8, 4) is 0 Å². The summed E-state index contributed by atoms with van der Waals surface area (Å²) >= 11 is 0. The molecule has 0 radical (unpaired) electrons. The summed E-state index contributed by atoms with van der Waals surface area (Å²) in [5, 5.41) is 9.86. The molecule has 1 heterocycles. The van der Waals surface area contributed by atoms with Crippen LogP contribution in [0.2, 0.25) is 0 Å². The summed E-state index contributed by atoms with van der Waals surface area (Å²) in [5.74, 6) is -1.03. The minimum absolute atomic E-state index is 0.429. The van der Waals surface area contributed by atoms with Gasteiger partial charge in [0.1, 0.15) is 6.10 Å². The van der Waals surface area contributed by atoms with E-state index in [4.69, 9.17) is 14.2 Å². The maximum Gasteiger partial charge on any atom is 0.217 e. The summed E-state index contributed by atoms with van der Waals surface area (Å²) in [4.78, 5) is 0. The molecule has 3 atom stereocenters. The van der Waals surface area contributed by atoms with E-state index >= 15 is 0 Å². The molecular weight excluding hydrogens is 184 g/mol. The second-order valence-corrected chi connectivity index (χ2v) is 3.31. The Morgan fingerprint density at radius 2 is 2.29 bits per heavy atom. The number of ether oxygens (including phenoxy) is 3. The molecule has 0 amide bonds. The Morgan fingerprint density at radius 1 is 1.57 bits per heavy atom. The number of rotatable bonds is 5. The van der Waals surface area contributed by atoms with Gasteiger partial charge in [-0.1, -0.05) is 13.3 Å². The largest absolute Gasteiger partial charge is 0.387 e. The minimum atomic E-state index is -1.03. The molecule has 1 aliphatic rings. The lowest BCUT2D eigenvalue weighted by Crippen LogP contribution is -2.44. The third-order valence-corrected chi connectivity index (χ3v) is 2.36. The van der Waals surface area contributed by atoms with Crippen LogP contribution in [-0.2, 0) is 14.2 Å². The van der Waals surface area contributed by atoms with Crippen molar-refractivity contribution in [3.05, 3.63) is 12.2 Å². The Morgan fingerprint density at radius 3 is 2.71 bits per heavy atom. The van der Waals surface area contributed by atoms with Crippen LogP contribution >= 0.6 is 0 Å². The van der Waals surface area contributed by atoms with Gasteiger partial charge in [-0.3, -0.25) is 0 Å². The SMILES string of the molecule is CCCC(O)C1(OC)C=CC(OC)O1. The highest BCUT2D eigenvalue weighted by Gasteiger charge is 2.42. The fraction of sp³-hybridized carbons (Fsp3) is 0.800. The zero-order chi connectivity index (χ0) is 10.6. The second kappa shape index (κ2) is 4.89. The van der Waals surface area contributed by atoms with Crippen LogP contribution in [0.15, 0.2) is 12.2 Å². The van der Waals surface area contributed by atoms with Crippen molar-refractivity contribution in [3.63, 3.8) is 0 Å². The zero-order valence-corrected chi connectivity index (χ0v) is 8.90. The van der Waals surface area contributed by atoms with Crippen LogP contribution in [0.5, 0.6) is 0 Å². The first-order chi connectivity index (χ1) is 6.68. The Hall–Kier alpha value is -0.420. The van der Waals surface area contributed by atoms with Crippen molar-refractivity contribution in [1.82, 2.24) is 0 Å². The van der Waals surface area contributed by atoms with Gasteiger partial charge in [-0.25, -0.2) is 0 Å². The Bertz CT molecular complexity index is 204. The minimum Gasteiger partial charge on any atom is -0.387 e. The van der Waals surface area contributed by atoms with Gasteiger partial charge in [0.25, 0.3) is 0 Å². The molecule has 0 aromatic rings. The van der Waals surface area contributed by atoms with Crippen molar-refractivity contribution in [1.29, 1.82) is 0 Å². The van der Waals surface area contributed by atoms with Crippen molar-refractivity contribution < 1.29 is 19.3 Å². The van der Waals surface area contributed by atoms with Gasteiger partial charge in [-0.15, -0.1) is 0 Å². The van der Waals surface area contributed by atoms with Crippen LogP contribution in [0.1, 0.15) is 19.8 Å². The summed E-state index contributed by atoms with van der Waals surface area (Å²) in [6, 6.07) is 0. The van der Waals surface area contributed by atoms with Crippen molar-refractivity contribution in [2.24, 2.45) is 0 Å². The van der Waals surface area contributed by atoms with E-state index in [1.807, 2.05) is 6.92 Å². The third-order valence-electron chi connectivity index (χ3n) is 2.36. The molecule has 0 aromatic carbocycles. The second-order valence-electron chi connectivity index (χ2n) is 3.31. The average Bonchev–Trinajstić information content (AvgIpc) is 2.63. The first-order valence-corrected chi connectivity index (χ1v) is 4.81. The number of hydrogen-bond acceptors (Lipinski definition) is 4. The zero-order valence-electron chi connectivity index (χ0n) is 8.90. The van der Waals surface area contributed by atoms with Crippen LogP contribution in [0, 0.1) is 0 Å². The van der Waals surface area contributed by atoms with E-state index in [0.717, 1.165) is 6.42 Å². The summed E-state index contributed by atoms with van der Waals surface area (Å²) in [6.45, 7) is 2.00. The van der Waals surface area contributed by atoms with Gasteiger partial charge in [0, 0.05) is 14.2 Å². The lowest BCUT2D eigenvalue weighted by molar-refractivity contribution is -0.279. The predicted molar refractivity (Wildman–Crippen MR) is 51.7 cm³/mol. The molecule has 14 heavy (non-hydrogen) atoms. The predicted octanol–water partition coefficient (Wildman–Crippen LogP) is 1.05. The Balaban J connectivity index is 2.65. The maximum atomic E-state index is 9.86. The Kier molecular flexibility index (Phi) is 4.07. The highest BCUT2D eigenvalue weighted by molar-refractivity contribution is 5.08. The fourth-order valence-corrected chi connectivity index (χ4v) is 1.52. The first-order valence-electron chi connectivity index (χ1n) is 4.81. The molecule has 0 fully saturated rings. The Labute approximate surface area is 84.5 Å². The quantitative estimate of drug-likeness (QED) is 0.677. The average molecular weight is 202 g/mol. The van der Waals surface area contributed by atoms with E-state index in [1.165, 1.54) is 7.11 Å². The number of aliphatic hydroxyl groups is 1. The van der Waals surface area contributed by atoms with Crippen LogP contribution in [0.4, 0.5) is 0 Å². The van der Waals surface area contributed by atoms with Gasteiger partial charge in [0.15, 0.2) is 6.29 Å². The first kappa shape index (κ1) is 11.7. The topological polar surface area (TPSA) is 47.9 Å². The van der Waals surface area contributed by atoms with E-state index in [2.05, 4.69) is 0 Å². The van der Waals surface area contributed by atoms with Gasteiger partial charge in [-0.2, -0.15) is 0 Å². The van der Waals surface area contributed by atoms with Crippen LogP contribution in [0.3, 0.4) is 0 Å².